The zero-order valence-electron chi connectivity index (χ0n) is 14.5. The van der Waals surface area contributed by atoms with Gasteiger partial charge in [-0.1, -0.05) is 43.3 Å². The molecule has 0 aliphatic rings. The molecule has 1 amide bonds. The van der Waals surface area contributed by atoms with Gasteiger partial charge < -0.3 is 5.32 Å². The van der Waals surface area contributed by atoms with Gasteiger partial charge in [0, 0.05) is 38.0 Å². The fourth-order valence-electron chi connectivity index (χ4n) is 2.70. The first-order valence-electron chi connectivity index (χ1n) is 8.37. The Morgan fingerprint density at radius 2 is 1.96 bits per heavy atom. The smallest absolute Gasteiger partial charge is 0.220 e. The normalized spacial score (nSPS) is 11.9. The van der Waals surface area contributed by atoms with Crippen molar-refractivity contribution in [3.63, 3.8) is 0 Å². The van der Waals surface area contributed by atoms with E-state index in [0.29, 0.717) is 13.0 Å². The highest BCUT2D eigenvalue weighted by atomic mass is 16.1. The van der Waals surface area contributed by atoms with Crippen LogP contribution >= 0.6 is 0 Å². The number of aromatic nitrogens is 3. The molecule has 0 fully saturated rings. The summed E-state index contributed by atoms with van der Waals surface area (Å²) in [5, 5.41) is 7.11. The summed E-state index contributed by atoms with van der Waals surface area (Å²) in [5.41, 5.74) is 4.02. The molecule has 0 radical (unpaired) electrons. The zero-order chi connectivity index (χ0) is 17.6. The molecule has 3 aromatic rings. The van der Waals surface area contributed by atoms with Crippen molar-refractivity contribution in [1.29, 1.82) is 0 Å². The number of carbonyl (C=O) groups excluding carboxylic acids is 1. The van der Waals surface area contributed by atoms with E-state index in [-0.39, 0.29) is 11.8 Å². The van der Waals surface area contributed by atoms with E-state index in [1.165, 1.54) is 5.56 Å². The predicted molar refractivity (Wildman–Crippen MR) is 97.8 cm³/mol. The average molecular weight is 334 g/mol. The van der Waals surface area contributed by atoms with Crippen LogP contribution in [0.3, 0.4) is 0 Å². The maximum absolute atomic E-state index is 12.1. The number of nitrogens with zero attached hydrogens (tertiary/aromatic N) is 3. The van der Waals surface area contributed by atoms with E-state index < -0.39 is 0 Å². The lowest BCUT2D eigenvalue weighted by Crippen LogP contribution is -2.24. The molecule has 1 unspecified atom stereocenters. The Balaban J connectivity index is 1.52. The van der Waals surface area contributed by atoms with Crippen LogP contribution in [0.4, 0.5) is 0 Å². The minimum atomic E-state index is 0.0488. The summed E-state index contributed by atoms with van der Waals surface area (Å²) in [4.78, 5) is 16.6. The number of benzene rings is 1. The Labute approximate surface area is 147 Å². The second kappa shape index (κ2) is 7.75. The van der Waals surface area contributed by atoms with Gasteiger partial charge in [-0.2, -0.15) is 5.10 Å². The first-order valence-corrected chi connectivity index (χ1v) is 8.37. The van der Waals surface area contributed by atoms with E-state index in [9.17, 15) is 4.79 Å². The summed E-state index contributed by atoms with van der Waals surface area (Å²) >= 11 is 0. The van der Waals surface area contributed by atoms with Crippen molar-refractivity contribution in [2.45, 2.75) is 25.8 Å². The van der Waals surface area contributed by atoms with Gasteiger partial charge in [-0.25, -0.2) is 0 Å². The van der Waals surface area contributed by atoms with Crippen LogP contribution in [0.15, 0.2) is 61.1 Å². The van der Waals surface area contributed by atoms with Gasteiger partial charge >= 0.3 is 0 Å². The molecule has 0 aliphatic carbocycles. The van der Waals surface area contributed by atoms with Gasteiger partial charge in [0.1, 0.15) is 0 Å². The standard InChI is InChI=1S/C20H22N4O/c1-15(17-6-4-3-5-7-17)10-20(25)22-12-16-8-9-19(21-11-16)18-13-23-24(2)14-18/h3-9,11,13-15H,10,12H2,1-2H3,(H,22,25). The monoisotopic (exact) mass is 334 g/mol. The lowest BCUT2D eigenvalue weighted by Gasteiger charge is -2.12. The third-order valence-electron chi connectivity index (χ3n) is 4.18. The number of hydrogen-bond donors (Lipinski definition) is 1. The number of aryl methyl sites for hydroxylation is 1. The largest absolute Gasteiger partial charge is 0.352 e. The molecule has 1 N–H and O–H groups in total. The lowest BCUT2D eigenvalue weighted by atomic mass is 9.97. The highest BCUT2D eigenvalue weighted by Crippen LogP contribution is 2.18. The summed E-state index contributed by atoms with van der Waals surface area (Å²) in [6.07, 6.45) is 5.98. The Kier molecular flexibility index (Phi) is 5.23. The third-order valence-corrected chi connectivity index (χ3v) is 4.18. The predicted octanol–water partition coefficient (Wildman–Crippen LogP) is 3.29. The van der Waals surface area contributed by atoms with E-state index >= 15 is 0 Å². The molecule has 5 nitrogen and oxygen atoms in total. The van der Waals surface area contributed by atoms with Crippen molar-refractivity contribution in [2.24, 2.45) is 7.05 Å². The molecular formula is C20H22N4O. The van der Waals surface area contributed by atoms with Gasteiger partial charge in [0.15, 0.2) is 0 Å². The van der Waals surface area contributed by atoms with E-state index in [2.05, 4.69) is 34.5 Å². The van der Waals surface area contributed by atoms with E-state index in [4.69, 9.17) is 0 Å². The van der Waals surface area contributed by atoms with Crippen LogP contribution in [-0.4, -0.2) is 20.7 Å². The van der Waals surface area contributed by atoms with Crippen LogP contribution in [0, 0.1) is 0 Å². The molecule has 0 bridgehead atoms. The van der Waals surface area contributed by atoms with Crippen molar-refractivity contribution < 1.29 is 4.79 Å². The highest BCUT2D eigenvalue weighted by molar-refractivity contribution is 5.76. The van der Waals surface area contributed by atoms with Crippen LogP contribution in [0.25, 0.3) is 11.3 Å². The number of carbonyl (C=O) groups is 1. The van der Waals surface area contributed by atoms with E-state index in [0.717, 1.165) is 16.8 Å². The van der Waals surface area contributed by atoms with Crippen LogP contribution in [0.1, 0.15) is 30.4 Å². The Bertz CT molecular complexity index is 824. The van der Waals surface area contributed by atoms with Gasteiger partial charge in [0.25, 0.3) is 0 Å². The van der Waals surface area contributed by atoms with Gasteiger partial charge in [-0.05, 0) is 23.1 Å². The molecule has 0 saturated carbocycles. The Morgan fingerprint density at radius 3 is 2.60 bits per heavy atom. The molecule has 1 atom stereocenters. The molecule has 0 spiro atoms. The molecule has 1 aromatic carbocycles. The van der Waals surface area contributed by atoms with Gasteiger partial charge in [0.2, 0.25) is 5.91 Å². The Hall–Kier alpha value is -2.95. The summed E-state index contributed by atoms with van der Waals surface area (Å²) in [5.74, 6) is 0.250. The molecule has 128 valence electrons. The molecule has 2 heterocycles. The fourth-order valence-corrected chi connectivity index (χ4v) is 2.70. The minimum Gasteiger partial charge on any atom is -0.352 e. The van der Waals surface area contributed by atoms with Crippen molar-refractivity contribution in [3.8, 4) is 11.3 Å². The maximum atomic E-state index is 12.1. The van der Waals surface area contributed by atoms with E-state index in [1.807, 2.05) is 43.6 Å². The molecule has 2 aromatic heterocycles. The average Bonchev–Trinajstić information content (AvgIpc) is 3.07. The summed E-state index contributed by atoms with van der Waals surface area (Å²) in [7, 11) is 1.88. The van der Waals surface area contributed by atoms with Crippen molar-refractivity contribution in [1.82, 2.24) is 20.1 Å². The van der Waals surface area contributed by atoms with Crippen molar-refractivity contribution in [2.75, 3.05) is 0 Å². The zero-order valence-corrected chi connectivity index (χ0v) is 14.5. The summed E-state index contributed by atoms with van der Waals surface area (Å²) < 4.78 is 1.75. The number of nitrogens with one attached hydrogen (secondary N) is 1. The molecule has 25 heavy (non-hydrogen) atoms. The molecule has 0 aliphatic heterocycles. The summed E-state index contributed by atoms with van der Waals surface area (Å²) in [6, 6.07) is 14.0. The SMILES string of the molecule is CC(CC(=O)NCc1ccc(-c2cnn(C)c2)nc1)c1ccccc1. The molecular weight excluding hydrogens is 312 g/mol. The number of amides is 1. The summed E-state index contributed by atoms with van der Waals surface area (Å²) in [6.45, 7) is 2.56. The van der Waals surface area contributed by atoms with Crippen LogP contribution in [-0.2, 0) is 18.4 Å². The highest BCUT2D eigenvalue weighted by Gasteiger charge is 2.11. The van der Waals surface area contributed by atoms with Crippen LogP contribution in [0.2, 0.25) is 0 Å². The second-order valence-corrected chi connectivity index (χ2v) is 6.25. The Morgan fingerprint density at radius 1 is 1.16 bits per heavy atom. The van der Waals surface area contributed by atoms with Gasteiger partial charge in [0.05, 0.1) is 11.9 Å². The molecule has 5 heteroatoms. The van der Waals surface area contributed by atoms with Gasteiger partial charge in [-0.3, -0.25) is 14.5 Å². The number of hydrogen-bond acceptors (Lipinski definition) is 3. The maximum Gasteiger partial charge on any atom is 0.220 e. The second-order valence-electron chi connectivity index (χ2n) is 6.25. The number of rotatable bonds is 6. The van der Waals surface area contributed by atoms with Crippen LogP contribution in [0.5, 0.6) is 0 Å². The fraction of sp³-hybridized carbons (Fsp3) is 0.250. The first kappa shape index (κ1) is 16.9. The van der Waals surface area contributed by atoms with Crippen molar-refractivity contribution in [3.05, 3.63) is 72.2 Å². The third kappa shape index (κ3) is 4.53. The van der Waals surface area contributed by atoms with E-state index in [1.54, 1.807) is 17.1 Å². The van der Waals surface area contributed by atoms with Gasteiger partial charge in [-0.15, -0.1) is 0 Å². The molecule has 0 saturated heterocycles. The topological polar surface area (TPSA) is 59.8 Å². The quantitative estimate of drug-likeness (QED) is 0.752. The minimum absolute atomic E-state index is 0.0488. The number of pyridine rings is 1. The molecule has 3 rings (SSSR count). The van der Waals surface area contributed by atoms with Crippen LogP contribution < -0.4 is 5.32 Å². The van der Waals surface area contributed by atoms with Crippen molar-refractivity contribution >= 4 is 5.91 Å². The first-order chi connectivity index (χ1) is 12.1. The lowest BCUT2D eigenvalue weighted by molar-refractivity contribution is -0.121.